The third-order valence-corrected chi connectivity index (χ3v) is 8.43. The van der Waals surface area contributed by atoms with Gasteiger partial charge < -0.3 is 5.11 Å². The number of benzene rings is 3. The molecule has 0 radical (unpaired) electrons. The summed E-state index contributed by atoms with van der Waals surface area (Å²) in [6.07, 6.45) is 0.0163. The van der Waals surface area contributed by atoms with Crippen LogP contribution in [0.4, 0.5) is 39.5 Å². The number of fused-ring (bicyclic) bond motifs is 3. The smallest absolute Gasteiger partial charge is 0.280 e. The van der Waals surface area contributed by atoms with Gasteiger partial charge in [0.05, 0.1) is 22.8 Å². The quantitative estimate of drug-likeness (QED) is 0.229. The van der Waals surface area contributed by atoms with Crippen LogP contribution in [0.1, 0.15) is 76.4 Å². The molecule has 0 bridgehead atoms. The van der Waals surface area contributed by atoms with E-state index in [1.165, 1.54) is 30.4 Å². The van der Waals surface area contributed by atoms with Crippen LogP contribution >= 0.6 is 47.8 Å². The Morgan fingerprint density at radius 3 is 1.84 bits per heavy atom. The number of hydrogen-bond acceptors (Lipinski definition) is 2. The van der Waals surface area contributed by atoms with Crippen LogP contribution in [0.3, 0.4) is 0 Å². The first-order chi connectivity index (χ1) is 20.3. The summed E-state index contributed by atoms with van der Waals surface area (Å²) >= 11 is 9.04. The number of aliphatic hydroxyl groups excluding tert-OH is 1. The summed E-state index contributed by atoms with van der Waals surface area (Å²) in [4.78, 5) is 11.4. The summed E-state index contributed by atoms with van der Waals surface area (Å²) in [6.45, 7) is 0. The van der Waals surface area contributed by atoms with E-state index in [4.69, 9.17) is 0 Å². The van der Waals surface area contributed by atoms with Gasteiger partial charge in [-0.1, -0.05) is 59.9 Å². The number of Topliss-reactive ketones (excluding diaryl/α,β-unsaturated/α-hetero) is 1. The lowest BCUT2D eigenvalue weighted by Gasteiger charge is -2.29. The van der Waals surface area contributed by atoms with E-state index >= 15 is 0 Å². The topological polar surface area (TPSA) is 37.3 Å². The second-order valence-electron chi connectivity index (χ2n) is 10.2. The Balaban J connectivity index is 0.000000151. The second kappa shape index (κ2) is 12.9. The summed E-state index contributed by atoms with van der Waals surface area (Å²) < 4.78 is 121. The lowest BCUT2D eigenvalue weighted by molar-refractivity contribution is -0.0451. The molecule has 0 heterocycles. The number of aliphatic hydroxyl groups is 1. The summed E-state index contributed by atoms with van der Waals surface area (Å²) in [5, 5.41) is 9.52. The van der Waals surface area contributed by atoms with Gasteiger partial charge in [0, 0.05) is 44.7 Å². The number of alkyl halides is 6. The number of allylic oxidation sites excluding steroid dienone is 1. The monoisotopic (exact) mass is 820 g/mol. The van der Waals surface area contributed by atoms with E-state index in [1.54, 1.807) is 0 Å². The van der Waals surface area contributed by atoms with Crippen LogP contribution < -0.4 is 0 Å². The maximum Gasteiger partial charge on any atom is 0.280 e. The summed E-state index contributed by atoms with van der Waals surface area (Å²) in [6, 6.07) is 7.08. The molecular weight excluding hydrogens is 803 g/mol. The van der Waals surface area contributed by atoms with Crippen molar-refractivity contribution in [3.63, 3.8) is 0 Å². The molecule has 0 spiro atoms. The Bertz CT molecular complexity index is 1640. The molecule has 0 saturated carbocycles. The Morgan fingerprint density at radius 1 is 0.682 bits per heavy atom. The Morgan fingerprint density at radius 2 is 1.20 bits per heavy atom. The molecular formula is C30H20Br3F9O2. The average Bonchev–Trinajstić information content (AvgIpc) is 2.88. The fraction of sp³-hybridized carbons (Fsp3) is 0.300. The lowest BCUT2D eigenvalue weighted by atomic mass is 9.86. The summed E-state index contributed by atoms with van der Waals surface area (Å²) in [5.74, 6) is -12.8. The molecule has 3 aromatic rings. The second-order valence-corrected chi connectivity index (χ2v) is 13.0. The minimum atomic E-state index is -3.24. The zero-order valence-electron chi connectivity index (χ0n) is 22.1. The highest BCUT2D eigenvalue weighted by atomic mass is 79.9. The molecule has 0 amide bonds. The highest BCUT2D eigenvalue weighted by molar-refractivity contribution is 9.11. The first kappa shape index (κ1) is 34.7. The molecule has 44 heavy (non-hydrogen) atoms. The number of rotatable bonds is 0. The van der Waals surface area contributed by atoms with Gasteiger partial charge in [0.1, 0.15) is 17.5 Å². The van der Waals surface area contributed by atoms with Crippen molar-refractivity contribution in [1.82, 2.24) is 0 Å². The van der Waals surface area contributed by atoms with Gasteiger partial charge in [-0.25, -0.2) is 39.5 Å². The number of carbonyl (C=O) groups is 1. The zero-order chi connectivity index (χ0) is 32.8. The zero-order valence-corrected chi connectivity index (χ0v) is 26.9. The molecule has 1 unspecified atom stereocenters. The number of carbonyl (C=O) groups excluding carboxylic acids is 1. The van der Waals surface area contributed by atoms with Crippen LogP contribution in [0.25, 0.3) is 6.08 Å². The van der Waals surface area contributed by atoms with Gasteiger partial charge >= 0.3 is 0 Å². The molecule has 6 rings (SSSR count). The predicted octanol–water partition coefficient (Wildman–Crippen LogP) is 11.3. The van der Waals surface area contributed by atoms with Gasteiger partial charge in [-0.2, -0.15) is 0 Å². The molecule has 14 heteroatoms. The van der Waals surface area contributed by atoms with Crippen LogP contribution in [0, 0.1) is 17.5 Å². The van der Waals surface area contributed by atoms with E-state index in [1.807, 2.05) is 0 Å². The maximum atomic E-state index is 13.4. The molecule has 0 aliphatic heterocycles. The van der Waals surface area contributed by atoms with Crippen molar-refractivity contribution in [3.05, 3.63) is 107 Å². The van der Waals surface area contributed by atoms with Crippen molar-refractivity contribution in [2.24, 2.45) is 0 Å². The van der Waals surface area contributed by atoms with E-state index in [2.05, 4.69) is 47.8 Å². The molecule has 0 aromatic heterocycles. The van der Waals surface area contributed by atoms with Crippen molar-refractivity contribution >= 4 is 59.6 Å². The van der Waals surface area contributed by atoms with Gasteiger partial charge in [-0.3, -0.25) is 4.79 Å². The van der Waals surface area contributed by atoms with Gasteiger partial charge in [0.15, 0.2) is 5.78 Å². The van der Waals surface area contributed by atoms with Gasteiger partial charge in [0.2, 0.25) is 0 Å². The fourth-order valence-electron chi connectivity index (χ4n) is 5.08. The van der Waals surface area contributed by atoms with Gasteiger partial charge in [0.25, 0.3) is 17.8 Å². The van der Waals surface area contributed by atoms with Crippen molar-refractivity contribution in [2.45, 2.75) is 56.0 Å². The molecule has 2 nitrogen and oxygen atoms in total. The first-order valence-corrected chi connectivity index (χ1v) is 15.2. The fourth-order valence-corrected chi connectivity index (χ4v) is 6.41. The molecule has 0 saturated heterocycles. The van der Waals surface area contributed by atoms with Crippen molar-refractivity contribution in [3.8, 4) is 0 Å². The first-order valence-electron chi connectivity index (χ1n) is 12.8. The molecule has 1 atom stereocenters. The van der Waals surface area contributed by atoms with Crippen LogP contribution in [-0.2, 0) is 17.8 Å². The highest BCUT2D eigenvalue weighted by Crippen LogP contribution is 2.46. The van der Waals surface area contributed by atoms with Crippen LogP contribution in [0.15, 0.2) is 55.9 Å². The minimum Gasteiger partial charge on any atom is -0.388 e. The van der Waals surface area contributed by atoms with Gasteiger partial charge in [-0.15, -0.1) is 0 Å². The van der Waals surface area contributed by atoms with E-state index in [0.717, 1.165) is 18.2 Å². The maximum absolute atomic E-state index is 13.4. The molecule has 236 valence electrons. The van der Waals surface area contributed by atoms with Gasteiger partial charge in [-0.05, 0) is 53.9 Å². The average molecular weight is 823 g/mol. The highest BCUT2D eigenvalue weighted by Gasteiger charge is 2.44. The van der Waals surface area contributed by atoms with E-state index in [-0.39, 0.29) is 29.5 Å². The Hall–Kier alpha value is -2.16. The third-order valence-electron chi connectivity index (χ3n) is 7.05. The van der Waals surface area contributed by atoms with E-state index < -0.39 is 83.1 Å². The Labute approximate surface area is 270 Å². The van der Waals surface area contributed by atoms with Crippen molar-refractivity contribution in [2.75, 3.05) is 0 Å². The Kier molecular flexibility index (Phi) is 10.2. The van der Waals surface area contributed by atoms with Crippen molar-refractivity contribution < 1.29 is 49.4 Å². The molecule has 3 aliphatic rings. The van der Waals surface area contributed by atoms with E-state index in [9.17, 15) is 49.4 Å². The number of halogens is 12. The van der Waals surface area contributed by atoms with Crippen LogP contribution in [0.5, 0.6) is 0 Å². The largest absolute Gasteiger partial charge is 0.388 e. The summed E-state index contributed by atoms with van der Waals surface area (Å²) in [5.41, 5.74) is -1.90. The lowest BCUT2D eigenvalue weighted by Crippen LogP contribution is -2.26. The van der Waals surface area contributed by atoms with Crippen LogP contribution in [0.2, 0.25) is 0 Å². The SMILES string of the molecule is Fc1cc(Br)cc2c1C(F)(F)CC=C2.O=C1CCC(F)(F)c2c(F)cc(Br)cc21.OC1CCC(F)(F)c2c(F)cc(Br)cc21. The summed E-state index contributed by atoms with van der Waals surface area (Å²) in [7, 11) is 0. The molecule has 3 aliphatic carbocycles. The predicted molar refractivity (Wildman–Crippen MR) is 155 cm³/mol. The van der Waals surface area contributed by atoms with Crippen molar-refractivity contribution in [1.29, 1.82) is 0 Å². The standard InChI is InChI=1S/C10H8BrF3O.C10H6BrF3O.C10H6BrF3/c2*11-5-3-6-8(15)1-2-10(13,14)9(6)7(12)4-5;11-7-4-6-2-1-3-10(13,14)9(6)8(12)5-7/h3-4,8,15H,1-2H2;3-4H,1-2H2;1-2,4-5H,3H2. The normalized spacial score (nSPS) is 20.2. The molecule has 1 N–H and O–H groups in total. The minimum absolute atomic E-state index is 0.0156. The number of hydrogen-bond donors (Lipinski definition) is 1. The van der Waals surface area contributed by atoms with E-state index in [0.29, 0.717) is 13.4 Å². The molecule has 3 aromatic carbocycles. The van der Waals surface area contributed by atoms with Crippen LogP contribution in [-0.4, -0.2) is 10.9 Å². The number of ketones is 1. The third kappa shape index (κ3) is 7.28. The molecule has 0 fully saturated rings.